The van der Waals surface area contributed by atoms with Crippen LogP contribution in [0.3, 0.4) is 0 Å². The lowest BCUT2D eigenvalue weighted by Crippen LogP contribution is -2.48. The van der Waals surface area contributed by atoms with Crippen LogP contribution in [0, 0.1) is 0 Å². The van der Waals surface area contributed by atoms with Crippen LogP contribution < -0.4 is 10.1 Å². The van der Waals surface area contributed by atoms with E-state index in [9.17, 15) is 9.59 Å². The molecule has 2 aromatic carbocycles. The SMILES string of the molecule is CNC1CCCN(C(=O)COc2ccc(C(=O)c3ccccc3)cc2)C1. The molecule has 1 fully saturated rings. The lowest BCUT2D eigenvalue weighted by atomic mass is 10.0. The fourth-order valence-electron chi connectivity index (χ4n) is 3.13. The molecule has 1 heterocycles. The van der Waals surface area contributed by atoms with Crippen LogP contribution in [0.1, 0.15) is 28.8 Å². The third kappa shape index (κ3) is 4.49. The van der Waals surface area contributed by atoms with Gasteiger partial charge in [-0.15, -0.1) is 0 Å². The molecule has 0 radical (unpaired) electrons. The van der Waals surface area contributed by atoms with Gasteiger partial charge in [0.25, 0.3) is 5.91 Å². The number of ketones is 1. The molecular weight excluding hydrogens is 328 g/mol. The van der Waals surface area contributed by atoms with E-state index in [1.165, 1.54) is 0 Å². The van der Waals surface area contributed by atoms with Gasteiger partial charge in [0, 0.05) is 30.3 Å². The molecule has 1 aliphatic rings. The molecule has 1 aliphatic heterocycles. The van der Waals surface area contributed by atoms with Gasteiger partial charge in [0.1, 0.15) is 5.75 Å². The summed E-state index contributed by atoms with van der Waals surface area (Å²) in [5.74, 6) is 0.555. The van der Waals surface area contributed by atoms with Gasteiger partial charge in [-0.25, -0.2) is 0 Å². The maximum atomic E-state index is 12.4. The Hall–Kier alpha value is -2.66. The van der Waals surface area contributed by atoms with Gasteiger partial charge < -0.3 is 15.0 Å². The molecule has 136 valence electrons. The quantitative estimate of drug-likeness (QED) is 0.812. The minimum absolute atomic E-state index is 0.00520. The van der Waals surface area contributed by atoms with Crippen LogP contribution in [0.25, 0.3) is 0 Å². The Balaban J connectivity index is 1.54. The van der Waals surface area contributed by atoms with Gasteiger partial charge in [-0.2, -0.15) is 0 Å². The molecule has 5 heteroatoms. The number of piperidine rings is 1. The smallest absolute Gasteiger partial charge is 0.260 e. The van der Waals surface area contributed by atoms with Gasteiger partial charge in [-0.05, 0) is 44.2 Å². The van der Waals surface area contributed by atoms with E-state index in [0.717, 1.165) is 25.9 Å². The van der Waals surface area contributed by atoms with Crippen molar-refractivity contribution in [1.82, 2.24) is 10.2 Å². The fraction of sp³-hybridized carbons (Fsp3) is 0.333. The molecule has 0 aromatic heterocycles. The summed E-state index contributed by atoms with van der Waals surface area (Å²) in [7, 11) is 1.92. The molecule has 1 amide bonds. The van der Waals surface area contributed by atoms with Crippen LogP contribution >= 0.6 is 0 Å². The molecule has 5 nitrogen and oxygen atoms in total. The minimum Gasteiger partial charge on any atom is -0.484 e. The van der Waals surface area contributed by atoms with E-state index in [2.05, 4.69) is 5.32 Å². The van der Waals surface area contributed by atoms with Gasteiger partial charge in [-0.3, -0.25) is 9.59 Å². The van der Waals surface area contributed by atoms with Gasteiger partial charge in [-0.1, -0.05) is 30.3 Å². The van der Waals surface area contributed by atoms with Crippen molar-refractivity contribution < 1.29 is 14.3 Å². The van der Waals surface area contributed by atoms with Crippen molar-refractivity contribution in [2.24, 2.45) is 0 Å². The largest absolute Gasteiger partial charge is 0.484 e. The fourth-order valence-corrected chi connectivity index (χ4v) is 3.13. The van der Waals surface area contributed by atoms with Crippen LogP contribution in [-0.2, 0) is 4.79 Å². The molecule has 2 aromatic rings. The van der Waals surface area contributed by atoms with E-state index in [-0.39, 0.29) is 18.3 Å². The standard InChI is InChI=1S/C21H24N2O3/c1-22-18-8-5-13-23(14-18)20(24)15-26-19-11-9-17(10-12-19)21(25)16-6-3-2-4-7-16/h2-4,6-7,9-12,18,22H,5,8,13-15H2,1H3. The van der Waals surface area contributed by atoms with Crippen LogP contribution in [-0.4, -0.2) is 49.4 Å². The summed E-state index contributed by atoms with van der Waals surface area (Å²) in [6, 6.07) is 16.4. The summed E-state index contributed by atoms with van der Waals surface area (Å²) >= 11 is 0. The number of amides is 1. The third-order valence-electron chi connectivity index (χ3n) is 4.70. The highest BCUT2D eigenvalue weighted by atomic mass is 16.5. The average Bonchev–Trinajstić information content (AvgIpc) is 2.72. The van der Waals surface area contributed by atoms with Gasteiger partial charge in [0.15, 0.2) is 12.4 Å². The Bertz CT molecular complexity index is 744. The Morgan fingerprint density at radius 1 is 1.08 bits per heavy atom. The maximum Gasteiger partial charge on any atom is 0.260 e. The van der Waals surface area contributed by atoms with Crippen LogP contribution in [0.4, 0.5) is 0 Å². The summed E-state index contributed by atoms with van der Waals surface area (Å²) < 4.78 is 5.61. The van der Waals surface area contributed by atoms with Crippen molar-refractivity contribution >= 4 is 11.7 Å². The number of ether oxygens (including phenoxy) is 1. The number of likely N-dealkylation sites (tertiary alicyclic amines) is 1. The Morgan fingerprint density at radius 3 is 2.46 bits per heavy atom. The predicted octanol–water partition coefficient (Wildman–Crippen LogP) is 2.51. The number of nitrogens with one attached hydrogen (secondary N) is 1. The molecule has 1 saturated heterocycles. The zero-order chi connectivity index (χ0) is 18.4. The molecule has 26 heavy (non-hydrogen) atoms. The third-order valence-corrected chi connectivity index (χ3v) is 4.70. The minimum atomic E-state index is -0.0281. The predicted molar refractivity (Wildman–Crippen MR) is 100 cm³/mol. The van der Waals surface area contributed by atoms with Crippen molar-refractivity contribution in [2.45, 2.75) is 18.9 Å². The summed E-state index contributed by atoms with van der Waals surface area (Å²) in [4.78, 5) is 26.5. The first-order valence-electron chi connectivity index (χ1n) is 8.95. The summed E-state index contributed by atoms with van der Waals surface area (Å²) in [5.41, 5.74) is 1.25. The van der Waals surface area contributed by atoms with Crippen molar-refractivity contribution in [1.29, 1.82) is 0 Å². The number of benzene rings is 2. The molecule has 1 N–H and O–H groups in total. The van der Waals surface area contributed by atoms with Crippen molar-refractivity contribution in [3.05, 3.63) is 65.7 Å². The topological polar surface area (TPSA) is 58.6 Å². The number of likely N-dealkylation sites (N-methyl/N-ethyl adjacent to an activating group) is 1. The van der Waals surface area contributed by atoms with E-state index >= 15 is 0 Å². The lowest BCUT2D eigenvalue weighted by molar-refractivity contribution is -0.134. The number of carbonyl (C=O) groups excluding carboxylic acids is 2. The highest BCUT2D eigenvalue weighted by molar-refractivity contribution is 6.08. The zero-order valence-corrected chi connectivity index (χ0v) is 15.0. The Morgan fingerprint density at radius 2 is 1.77 bits per heavy atom. The van der Waals surface area contributed by atoms with E-state index in [1.807, 2.05) is 30.1 Å². The molecule has 0 bridgehead atoms. The second-order valence-electron chi connectivity index (χ2n) is 6.48. The average molecular weight is 352 g/mol. The second-order valence-corrected chi connectivity index (χ2v) is 6.48. The summed E-state index contributed by atoms with van der Waals surface area (Å²) in [6.07, 6.45) is 2.10. The number of hydrogen-bond acceptors (Lipinski definition) is 4. The first-order chi connectivity index (χ1) is 12.7. The summed E-state index contributed by atoms with van der Waals surface area (Å²) in [6.45, 7) is 1.52. The van der Waals surface area contributed by atoms with E-state index in [4.69, 9.17) is 4.74 Å². The van der Waals surface area contributed by atoms with Crippen LogP contribution in [0.15, 0.2) is 54.6 Å². The molecule has 0 aliphatic carbocycles. The second kappa shape index (κ2) is 8.63. The van der Waals surface area contributed by atoms with Gasteiger partial charge in [0.2, 0.25) is 0 Å². The van der Waals surface area contributed by atoms with E-state index in [1.54, 1.807) is 36.4 Å². The molecular formula is C21H24N2O3. The van der Waals surface area contributed by atoms with Crippen molar-refractivity contribution in [2.75, 3.05) is 26.7 Å². The molecule has 0 spiro atoms. The molecule has 0 saturated carbocycles. The number of rotatable bonds is 6. The first kappa shape index (κ1) is 18.1. The van der Waals surface area contributed by atoms with Gasteiger partial charge in [0.05, 0.1) is 0 Å². The number of carbonyl (C=O) groups is 2. The van der Waals surface area contributed by atoms with Crippen molar-refractivity contribution in [3.63, 3.8) is 0 Å². The maximum absolute atomic E-state index is 12.4. The highest BCUT2D eigenvalue weighted by Gasteiger charge is 2.22. The van der Waals surface area contributed by atoms with E-state index < -0.39 is 0 Å². The van der Waals surface area contributed by atoms with E-state index in [0.29, 0.717) is 22.9 Å². The zero-order valence-electron chi connectivity index (χ0n) is 15.0. The first-order valence-corrected chi connectivity index (χ1v) is 8.95. The van der Waals surface area contributed by atoms with Crippen LogP contribution in [0.2, 0.25) is 0 Å². The number of nitrogens with zero attached hydrogens (tertiary/aromatic N) is 1. The Labute approximate surface area is 154 Å². The monoisotopic (exact) mass is 352 g/mol. The van der Waals surface area contributed by atoms with Crippen molar-refractivity contribution in [3.8, 4) is 5.75 Å². The number of hydrogen-bond donors (Lipinski definition) is 1. The normalized spacial score (nSPS) is 17.0. The summed E-state index contributed by atoms with van der Waals surface area (Å²) in [5, 5.41) is 3.23. The molecule has 1 unspecified atom stereocenters. The molecule has 1 atom stereocenters. The van der Waals surface area contributed by atoms with Gasteiger partial charge >= 0.3 is 0 Å². The molecule has 3 rings (SSSR count). The highest BCUT2D eigenvalue weighted by Crippen LogP contribution is 2.16. The van der Waals surface area contributed by atoms with Crippen LogP contribution in [0.5, 0.6) is 5.75 Å². The Kier molecular flexibility index (Phi) is 6.02. The lowest BCUT2D eigenvalue weighted by Gasteiger charge is -2.32.